The van der Waals surface area contributed by atoms with E-state index in [1.165, 1.54) is 66.8 Å². The van der Waals surface area contributed by atoms with Crippen LogP contribution in [0.5, 0.6) is 0 Å². The summed E-state index contributed by atoms with van der Waals surface area (Å²) in [6.45, 7) is 28.9. The zero-order valence-corrected chi connectivity index (χ0v) is 45.8. The Balaban J connectivity index is 0.000000454. The first kappa shape index (κ1) is 59.6. The molecule has 0 N–H and O–H groups in total. The van der Waals surface area contributed by atoms with Crippen molar-refractivity contribution in [1.82, 2.24) is 0 Å². The summed E-state index contributed by atoms with van der Waals surface area (Å²) in [6.07, 6.45) is 53.1. The molecule has 2 aliphatic rings. The molecule has 1 spiro atoms. The summed E-state index contributed by atoms with van der Waals surface area (Å²) in [5.41, 5.74) is 17.7. The van der Waals surface area contributed by atoms with Gasteiger partial charge in [0.1, 0.15) is 0 Å². The van der Waals surface area contributed by atoms with Crippen LogP contribution >= 0.6 is 0 Å². The minimum absolute atomic E-state index is 0.100. The lowest BCUT2D eigenvalue weighted by Crippen LogP contribution is -2.40. The molecule has 0 fully saturated rings. The van der Waals surface area contributed by atoms with Gasteiger partial charge in [-0.25, -0.2) is 0 Å². The minimum atomic E-state index is -0.374. The Labute approximate surface area is 443 Å². The van der Waals surface area contributed by atoms with Crippen LogP contribution in [0.1, 0.15) is 133 Å². The molecule has 0 amide bonds. The summed E-state index contributed by atoms with van der Waals surface area (Å²) < 4.78 is 0. The molecule has 0 heteroatoms. The Morgan fingerprint density at radius 2 is 1.12 bits per heavy atom. The first-order valence-electron chi connectivity index (χ1n) is 26.2. The molecule has 2 aliphatic carbocycles. The van der Waals surface area contributed by atoms with Gasteiger partial charge in [0, 0.05) is 5.41 Å². The van der Waals surface area contributed by atoms with Crippen LogP contribution in [0, 0.1) is 12.8 Å². The topological polar surface area (TPSA) is 0 Å². The Hall–Kier alpha value is -7.72. The average Bonchev–Trinajstić information content (AvgIpc) is 3.73. The highest BCUT2D eigenvalue weighted by atomic mass is 14.5. The lowest BCUT2D eigenvalue weighted by Gasteiger charge is -2.46. The van der Waals surface area contributed by atoms with Crippen LogP contribution in [0.3, 0.4) is 0 Å². The van der Waals surface area contributed by atoms with Crippen molar-refractivity contribution >= 4 is 11.6 Å². The molecule has 5 aromatic rings. The number of allylic oxidation sites excluding steroid dienone is 23. The van der Waals surface area contributed by atoms with E-state index in [0.717, 1.165) is 30.4 Å². The van der Waals surface area contributed by atoms with Gasteiger partial charge in [-0.2, -0.15) is 0 Å². The van der Waals surface area contributed by atoms with Crippen molar-refractivity contribution in [1.29, 1.82) is 0 Å². The predicted molar refractivity (Wildman–Crippen MR) is 328 cm³/mol. The maximum Gasteiger partial charge on any atom is 0.0719 e. The molecule has 0 saturated heterocycles. The highest BCUT2D eigenvalue weighted by molar-refractivity contribution is 5.91. The van der Waals surface area contributed by atoms with Crippen molar-refractivity contribution in [2.75, 3.05) is 0 Å². The minimum Gasteiger partial charge on any atom is -0.124 e. The standard InChI is InChI=1S/C47H44.C20H24.2C2H6.C2H2/c1-6-9-10-11-12-13-14-23-35(21-7-2)30-31-36(22-8-3)37-32-33-41-39(34-37)38-24-15-16-25-40(38)47(41)44-28-19-17-26-42(44)46(4,5)43-27-18-20-29-45(43)47;1-4-7-16-19(6-3)20(12-5-2)17-11-15-18-13-9-8-10-14-18;3*1-2/h6-11,13-34H,3,12H2,1-2,4-5H3;4,6-11,13-17H,1,5,12H2,2-3H3;2*1-2H3;1-2H/b9-6-,11-10-,14-13+,21-7-,31-30-,35-23+,36-22+;15-11+,16-7-,19-6+,20-17+;;;. The van der Waals surface area contributed by atoms with Crippen LogP contribution in [-0.2, 0) is 10.8 Å². The summed E-state index contributed by atoms with van der Waals surface area (Å²) in [5, 5.41) is 0. The number of terminal acetylenes is 1. The second-order valence-corrected chi connectivity index (χ2v) is 17.3. The summed E-state index contributed by atoms with van der Waals surface area (Å²) in [5.74, 6) is 0. The number of benzene rings is 5. The van der Waals surface area contributed by atoms with Gasteiger partial charge in [0.25, 0.3) is 0 Å². The van der Waals surface area contributed by atoms with E-state index in [1.807, 2.05) is 65.0 Å². The molecule has 0 aliphatic heterocycles. The van der Waals surface area contributed by atoms with E-state index in [-0.39, 0.29) is 10.8 Å². The monoisotopic (exact) mass is 959 g/mol. The van der Waals surface area contributed by atoms with Crippen LogP contribution < -0.4 is 0 Å². The molecule has 0 unspecified atom stereocenters. The zero-order chi connectivity index (χ0) is 53.5. The molecule has 374 valence electrons. The Morgan fingerprint density at radius 1 is 0.534 bits per heavy atom. The van der Waals surface area contributed by atoms with E-state index in [4.69, 9.17) is 0 Å². The quantitative estimate of drug-likeness (QED) is 0.0670. The number of hydrogen-bond acceptors (Lipinski definition) is 0. The first-order chi connectivity index (χ1) is 35.8. The van der Waals surface area contributed by atoms with Crippen molar-refractivity contribution in [3.8, 4) is 24.0 Å². The fraction of sp³-hybridized carbons (Fsp3) is 0.205. The molecule has 0 heterocycles. The van der Waals surface area contributed by atoms with Crippen LogP contribution in [0.4, 0.5) is 0 Å². The maximum absolute atomic E-state index is 4.06. The molecule has 0 bridgehead atoms. The molecule has 0 saturated carbocycles. The second-order valence-electron chi connectivity index (χ2n) is 17.3. The number of hydrogen-bond donors (Lipinski definition) is 0. The highest BCUT2D eigenvalue weighted by Crippen LogP contribution is 2.62. The van der Waals surface area contributed by atoms with Gasteiger partial charge in [-0.1, -0.05) is 305 Å². The summed E-state index contributed by atoms with van der Waals surface area (Å²) in [4.78, 5) is 0. The fourth-order valence-electron chi connectivity index (χ4n) is 9.56. The largest absolute Gasteiger partial charge is 0.124 e. The second kappa shape index (κ2) is 32.3. The lowest BCUT2D eigenvalue weighted by atomic mass is 9.55. The lowest BCUT2D eigenvalue weighted by molar-refractivity contribution is 0.563. The van der Waals surface area contributed by atoms with Gasteiger partial charge in [0.2, 0.25) is 0 Å². The number of fused-ring (bicyclic) bond motifs is 9. The summed E-state index contributed by atoms with van der Waals surface area (Å²) >= 11 is 0. The van der Waals surface area contributed by atoms with E-state index in [2.05, 4.69) is 273 Å². The van der Waals surface area contributed by atoms with Crippen molar-refractivity contribution in [3.05, 3.63) is 311 Å². The normalized spacial score (nSPS) is 14.4. The third-order valence-electron chi connectivity index (χ3n) is 12.6. The molecule has 5 aromatic carbocycles. The van der Waals surface area contributed by atoms with E-state index in [1.54, 1.807) is 0 Å². The molecule has 0 aromatic heterocycles. The Morgan fingerprint density at radius 3 is 1.71 bits per heavy atom. The molecule has 0 radical (unpaired) electrons. The zero-order valence-electron chi connectivity index (χ0n) is 45.8. The van der Waals surface area contributed by atoms with Gasteiger partial charge in [-0.15, -0.1) is 12.8 Å². The van der Waals surface area contributed by atoms with Gasteiger partial charge in [0.05, 0.1) is 5.41 Å². The van der Waals surface area contributed by atoms with Crippen LogP contribution in [-0.4, -0.2) is 0 Å². The average molecular weight is 959 g/mol. The van der Waals surface area contributed by atoms with Crippen LogP contribution in [0.25, 0.3) is 22.8 Å². The molecule has 7 rings (SSSR count). The van der Waals surface area contributed by atoms with Crippen molar-refractivity contribution in [3.63, 3.8) is 0 Å². The smallest absolute Gasteiger partial charge is 0.0719 e. The maximum atomic E-state index is 4.06. The molecular weight excluding hydrogens is 877 g/mol. The van der Waals surface area contributed by atoms with E-state index in [0.29, 0.717) is 0 Å². The highest BCUT2D eigenvalue weighted by Gasteiger charge is 2.53. The van der Waals surface area contributed by atoms with E-state index < -0.39 is 0 Å². The molecule has 0 atom stereocenters. The third kappa shape index (κ3) is 14.9. The fourth-order valence-corrected chi connectivity index (χ4v) is 9.56. The van der Waals surface area contributed by atoms with E-state index >= 15 is 0 Å². The van der Waals surface area contributed by atoms with Gasteiger partial charge >= 0.3 is 0 Å². The molecular formula is C73H82. The van der Waals surface area contributed by atoms with Gasteiger partial charge in [0.15, 0.2) is 0 Å². The van der Waals surface area contributed by atoms with Gasteiger partial charge in [-0.05, 0) is 118 Å². The number of rotatable bonds is 16. The molecule has 0 nitrogen and oxygen atoms in total. The SMILES string of the molecule is C#C.C=C/C=C(\C=C/C(/C=C\C)=C/C=C/C/C=C\C=C/C)c1ccc2c(c1)-c1ccccc1C21c2ccccc2C(C)(C)c2ccccc21.C=C\C=C/C(=C\C)C(=C/C=C/c1ccccc1)/CCC.CC.CC. The van der Waals surface area contributed by atoms with Crippen molar-refractivity contribution < 1.29 is 0 Å². The van der Waals surface area contributed by atoms with Crippen LogP contribution in [0.15, 0.2) is 267 Å². The van der Waals surface area contributed by atoms with E-state index in [9.17, 15) is 0 Å². The summed E-state index contributed by atoms with van der Waals surface area (Å²) in [7, 11) is 0. The van der Waals surface area contributed by atoms with Crippen molar-refractivity contribution in [2.24, 2.45) is 0 Å². The van der Waals surface area contributed by atoms with Gasteiger partial charge < -0.3 is 0 Å². The Kier molecular flexibility index (Phi) is 26.4. The van der Waals surface area contributed by atoms with Crippen molar-refractivity contribution in [2.45, 2.75) is 99.3 Å². The summed E-state index contributed by atoms with van der Waals surface area (Å²) in [6, 6.07) is 44.7. The predicted octanol–water partition coefficient (Wildman–Crippen LogP) is 20.8. The van der Waals surface area contributed by atoms with Crippen LogP contribution in [0.2, 0.25) is 0 Å². The first-order valence-corrected chi connectivity index (χ1v) is 26.2. The Bertz CT molecular complexity index is 2840. The van der Waals surface area contributed by atoms with Gasteiger partial charge in [-0.3, -0.25) is 0 Å². The molecule has 73 heavy (non-hydrogen) atoms. The third-order valence-corrected chi connectivity index (χ3v) is 12.6.